The molecule has 4 N–H and O–H groups in total. The van der Waals surface area contributed by atoms with Crippen LogP contribution in [0.15, 0.2) is 35.4 Å². The summed E-state index contributed by atoms with van der Waals surface area (Å²) in [5, 5.41) is 3.44. The zero-order valence-electron chi connectivity index (χ0n) is 14.4. The van der Waals surface area contributed by atoms with Gasteiger partial charge in [-0.1, -0.05) is 29.8 Å². The van der Waals surface area contributed by atoms with Gasteiger partial charge in [-0.25, -0.2) is 9.97 Å². The molecule has 0 radical (unpaired) electrons. The van der Waals surface area contributed by atoms with E-state index in [1.807, 2.05) is 24.3 Å². The number of hydrogen-bond donors (Lipinski definition) is 2. The third-order valence-electron chi connectivity index (χ3n) is 4.37. The van der Waals surface area contributed by atoms with Crippen molar-refractivity contribution < 1.29 is 9.53 Å². The second kappa shape index (κ2) is 7.34. The molecule has 1 amide bonds. The monoisotopic (exact) mass is 400 g/mol. The van der Waals surface area contributed by atoms with Crippen molar-refractivity contribution in [2.24, 2.45) is 5.73 Å². The first-order chi connectivity index (χ1) is 13.0. The summed E-state index contributed by atoms with van der Waals surface area (Å²) in [7, 11) is 0. The van der Waals surface area contributed by atoms with Gasteiger partial charge >= 0.3 is 0 Å². The Balaban J connectivity index is 1.83. The molecule has 3 aromatic rings. The van der Waals surface area contributed by atoms with Gasteiger partial charge in [-0.3, -0.25) is 4.79 Å². The highest BCUT2D eigenvalue weighted by atomic mass is 35.5. The fourth-order valence-corrected chi connectivity index (χ4v) is 4.48. The smallest absolute Gasteiger partial charge is 0.221 e. The van der Waals surface area contributed by atoms with Crippen molar-refractivity contribution in [2.45, 2.75) is 24.7 Å². The Hall–Kier alpha value is -2.35. The van der Waals surface area contributed by atoms with Gasteiger partial charge in [0.15, 0.2) is 0 Å². The van der Waals surface area contributed by atoms with Crippen LogP contribution in [0.2, 0.25) is 5.02 Å². The Morgan fingerprint density at radius 3 is 2.85 bits per heavy atom. The lowest BCUT2D eigenvalue weighted by Crippen LogP contribution is -2.11. The molecule has 2 heterocycles. The van der Waals surface area contributed by atoms with Gasteiger partial charge in [0, 0.05) is 17.7 Å². The van der Waals surface area contributed by atoms with E-state index in [2.05, 4.69) is 16.0 Å². The number of hydrogen-bond acceptors (Lipinski definition) is 6. The van der Waals surface area contributed by atoms with E-state index in [1.165, 1.54) is 11.8 Å². The SMILES string of the molecule is NC(=O)CCSc1cc(-c2c(Cl)cc3c4c(cccc24)COC3)nc(N)n1. The lowest BCUT2D eigenvalue weighted by Gasteiger charge is -2.20. The van der Waals surface area contributed by atoms with Gasteiger partial charge in [-0.05, 0) is 34.0 Å². The van der Waals surface area contributed by atoms with Crippen molar-refractivity contribution in [2.75, 3.05) is 11.5 Å². The molecule has 6 nitrogen and oxygen atoms in total. The molecule has 4 rings (SSSR count). The molecule has 0 saturated heterocycles. The Morgan fingerprint density at radius 1 is 1.22 bits per heavy atom. The van der Waals surface area contributed by atoms with Crippen molar-refractivity contribution in [1.29, 1.82) is 0 Å². The van der Waals surface area contributed by atoms with Crippen LogP contribution in [-0.4, -0.2) is 21.6 Å². The summed E-state index contributed by atoms with van der Waals surface area (Å²) >= 11 is 8.03. The second-order valence-electron chi connectivity index (χ2n) is 6.24. The van der Waals surface area contributed by atoms with Crippen molar-refractivity contribution >= 4 is 46.0 Å². The van der Waals surface area contributed by atoms with Crippen molar-refractivity contribution in [3.63, 3.8) is 0 Å². The van der Waals surface area contributed by atoms with Crippen molar-refractivity contribution in [1.82, 2.24) is 9.97 Å². The van der Waals surface area contributed by atoms with Crippen LogP contribution in [0.1, 0.15) is 17.5 Å². The van der Waals surface area contributed by atoms with Crippen LogP contribution < -0.4 is 11.5 Å². The number of anilines is 1. The minimum atomic E-state index is -0.349. The highest BCUT2D eigenvalue weighted by Crippen LogP contribution is 2.40. The lowest BCUT2D eigenvalue weighted by atomic mass is 9.93. The van der Waals surface area contributed by atoms with Crippen molar-refractivity contribution in [3.8, 4) is 11.3 Å². The number of primary amides is 1. The molecule has 0 bridgehead atoms. The molecule has 0 aliphatic carbocycles. The molecular formula is C19H17ClN4O2S. The maximum Gasteiger partial charge on any atom is 0.221 e. The van der Waals surface area contributed by atoms with Gasteiger partial charge < -0.3 is 16.2 Å². The van der Waals surface area contributed by atoms with Crippen LogP contribution in [0.3, 0.4) is 0 Å². The summed E-state index contributed by atoms with van der Waals surface area (Å²) in [5.41, 5.74) is 14.8. The van der Waals surface area contributed by atoms with Gasteiger partial charge in [0.25, 0.3) is 0 Å². The number of nitrogen functional groups attached to an aromatic ring is 1. The minimum Gasteiger partial charge on any atom is -0.372 e. The van der Waals surface area contributed by atoms with E-state index in [-0.39, 0.29) is 18.3 Å². The van der Waals surface area contributed by atoms with Gasteiger partial charge in [0.05, 0.1) is 23.9 Å². The fourth-order valence-electron chi connectivity index (χ4n) is 3.28. The highest BCUT2D eigenvalue weighted by molar-refractivity contribution is 7.99. The van der Waals surface area contributed by atoms with E-state index in [1.54, 1.807) is 0 Å². The molecule has 0 saturated carbocycles. The lowest BCUT2D eigenvalue weighted by molar-refractivity contribution is -0.117. The average Bonchev–Trinajstić information content (AvgIpc) is 2.61. The highest BCUT2D eigenvalue weighted by Gasteiger charge is 2.20. The molecule has 1 aliphatic rings. The maximum atomic E-state index is 11.0. The fraction of sp³-hybridized carbons (Fsp3) is 0.211. The molecule has 1 aliphatic heterocycles. The van der Waals surface area contributed by atoms with Crippen molar-refractivity contribution in [3.05, 3.63) is 46.5 Å². The third kappa shape index (κ3) is 3.58. The standard InChI is InChI=1S/C19H17ClN4O2S/c20-13-6-11-9-26-8-10-2-1-3-12(17(10)11)18(13)14-7-16(24-19(22)23-14)27-5-4-15(21)25/h1-3,6-7H,4-5,8-9H2,(H2,21,25)(H2,22,23,24). The molecule has 0 unspecified atom stereocenters. The number of amides is 1. The van der Waals surface area contributed by atoms with Gasteiger partial charge in [-0.2, -0.15) is 0 Å². The van der Waals surface area contributed by atoms with Gasteiger partial charge in [-0.15, -0.1) is 11.8 Å². The van der Waals surface area contributed by atoms with Gasteiger partial charge in [0.2, 0.25) is 11.9 Å². The Morgan fingerprint density at radius 2 is 2.04 bits per heavy atom. The molecule has 0 spiro atoms. The molecular weight excluding hydrogens is 384 g/mol. The summed E-state index contributed by atoms with van der Waals surface area (Å²) in [4.78, 5) is 19.6. The summed E-state index contributed by atoms with van der Waals surface area (Å²) in [6.45, 7) is 1.11. The van der Waals surface area contributed by atoms with Gasteiger partial charge in [0.1, 0.15) is 5.03 Å². The van der Waals surface area contributed by atoms with Crippen LogP contribution >= 0.6 is 23.4 Å². The largest absolute Gasteiger partial charge is 0.372 e. The van der Waals surface area contributed by atoms with E-state index in [0.29, 0.717) is 34.7 Å². The second-order valence-corrected chi connectivity index (χ2v) is 7.76. The van der Waals surface area contributed by atoms with Crippen LogP contribution in [0, 0.1) is 0 Å². The summed E-state index contributed by atoms with van der Waals surface area (Å²) in [6.07, 6.45) is 0.269. The number of rotatable bonds is 5. The molecule has 0 fully saturated rings. The minimum absolute atomic E-state index is 0.161. The molecule has 138 valence electrons. The van der Waals surface area contributed by atoms with E-state index < -0.39 is 0 Å². The van der Waals surface area contributed by atoms with Crippen LogP contribution in [0.5, 0.6) is 0 Å². The first kappa shape index (κ1) is 18.0. The topological polar surface area (TPSA) is 104 Å². The zero-order chi connectivity index (χ0) is 19.0. The van der Waals surface area contributed by atoms with E-state index >= 15 is 0 Å². The molecule has 1 aromatic heterocycles. The first-order valence-electron chi connectivity index (χ1n) is 8.39. The molecule has 0 atom stereocenters. The number of nitrogens with zero attached hydrogens (tertiary/aromatic N) is 2. The maximum absolute atomic E-state index is 11.0. The van der Waals surface area contributed by atoms with E-state index in [9.17, 15) is 4.79 Å². The molecule has 27 heavy (non-hydrogen) atoms. The number of halogens is 1. The Labute approximate surface area is 165 Å². The third-order valence-corrected chi connectivity index (χ3v) is 5.58. The number of aromatic nitrogens is 2. The predicted molar refractivity (Wildman–Crippen MR) is 107 cm³/mol. The molecule has 2 aromatic carbocycles. The van der Waals surface area contributed by atoms with E-state index in [0.717, 1.165) is 27.5 Å². The Bertz CT molecular complexity index is 1060. The number of thioether (sulfide) groups is 1. The van der Waals surface area contributed by atoms with E-state index in [4.69, 9.17) is 27.8 Å². The number of nitrogens with two attached hydrogens (primary N) is 2. The normalized spacial score (nSPS) is 13.1. The number of ether oxygens (including phenoxy) is 1. The number of carbonyl (C=O) groups excluding carboxylic acids is 1. The molecule has 8 heteroatoms. The summed E-state index contributed by atoms with van der Waals surface area (Å²) in [5.74, 6) is 0.340. The summed E-state index contributed by atoms with van der Waals surface area (Å²) in [6, 6.07) is 9.86. The predicted octanol–water partition coefficient (Wildman–Crippen LogP) is 3.53. The quantitative estimate of drug-likeness (QED) is 0.501. The van der Waals surface area contributed by atoms with Crippen LogP contribution in [0.4, 0.5) is 5.95 Å². The Kier molecular flexibility index (Phi) is 4.90. The first-order valence-corrected chi connectivity index (χ1v) is 9.76. The summed E-state index contributed by atoms with van der Waals surface area (Å²) < 4.78 is 5.64. The van der Waals surface area contributed by atoms with Crippen LogP contribution in [-0.2, 0) is 22.7 Å². The number of benzene rings is 2. The number of carbonyl (C=O) groups is 1. The van der Waals surface area contributed by atoms with Crippen LogP contribution in [0.25, 0.3) is 22.0 Å². The average molecular weight is 401 g/mol. The zero-order valence-corrected chi connectivity index (χ0v) is 15.9.